The second-order valence-corrected chi connectivity index (χ2v) is 6.95. The number of nitrogens with two attached hydrogens (primary N) is 1. The lowest BCUT2D eigenvalue weighted by atomic mass is 10.2. The summed E-state index contributed by atoms with van der Waals surface area (Å²) >= 11 is 0. The average Bonchev–Trinajstić information content (AvgIpc) is 3.38. The van der Waals surface area contributed by atoms with Gasteiger partial charge in [-0.15, -0.1) is 0 Å². The first-order valence-corrected chi connectivity index (χ1v) is 9.58. The van der Waals surface area contributed by atoms with E-state index in [1.54, 1.807) is 24.4 Å². The van der Waals surface area contributed by atoms with Gasteiger partial charge in [0, 0.05) is 12.6 Å². The molecular formula is C22H16N6O4. The molecule has 5 aromatic rings. The molecule has 0 aliphatic heterocycles. The summed E-state index contributed by atoms with van der Waals surface area (Å²) in [7, 11) is 0. The van der Waals surface area contributed by atoms with Crippen LogP contribution in [-0.2, 0) is 6.54 Å². The number of carboxylic acid groups (broad SMARTS) is 1. The van der Waals surface area contributed by atoms with Crippen LogP contribution in [0.4, 0.5) is 5.82 Å². The van der Waals surface area contributed by atoms with Gasteiger partial charge >= 0.3 is 5.97 Å². The smallest absolute Gasteiger partial charge is 0.335 e. The van der Waals surface area contributed by atoms with Crippen LogP contribution in [-0.4, -0.2) is 35.9 Å². The van der Waals surface area contributed by atoms with Crippen molar-refractivity contribution >= 4 is 22.8 Å². The Kier molecular flexibility index (Phi) is 4.71. The van der Waals surface area contributed by atoms with Crippen LogP contribution in [0, 0.1) is 0 Å². The number of fused-ring (bicyclic) bond motifs is 1. The highest BCUT2D eigenvalue weighted by Crippen LogP contribution is 2.30. The number of hydrogen-bond acceptors (Lipinski definition) is 8. The zero-order valence-electron chi connectivity index (χ0n) is 16.5. The third-order valence-corrected chi connectivity index (χ3v) is 4.82. The SMILES string of the molecule is Nc1nonc1-c1nc2cnc(Oc3cccc(C(=O)O)c3)cc2n1Cc1ccccc1. The summed E-state index contributed by atoms with van der Waals surface area (Å²) in [4.78, 5) is 20.2. The quantitative estimate of drug-likeness (QED) is 0.415. The number of anilines is 1. The number of aromatic nitrogens is 5. The molecule has 10 heteroatoms. The Morgan fingerprint density at radius 2 is 1.94 bits per heavy atom. The number of carboxylic acids is 1. The maximum atomic E-state index is 11.2. The number of imidazole rings is 1. The molecule has 0 spiro atoms. The lowest BCUT2D eigenvalue weighted by Gasteiger charge is -2.09. The number of rotatable bonds is 6. The third-order valence-electron chi connectivity index (χ3n) is 4.82. The number of carbonyl (C=O) groups is 1. The van der Waals surface area contributed by atoms with Gasteiger partial charge in [0.1, 0.15) is 11.3 Å². The van der Waals surface area contributed by atoms with Crippen LogP contribution in [0.3, 0.4) is 0 Å². The van der Waals surface area contributed by atoms with E-state index in [9.17, 15) is 9.90 Å². The highest BCUT2D eigenvalue weighted by atomic mass is 16.6. The first kappa shape index (κ1) is 19.2. The number of benzene rings is 2. The highest BCUT2D eigenvalue weighted by molar-refractivity contribution is 5.88. The first-order valence-electron chi connectivity index (χ1n) is 9.58. The Labute approximate surface area is 180 Å². The zero-order valence-corrected chi connectivity index (χ0v) is 16.5. The number of hydrogen-bond donors (Lipinski definition) is 2. The van der Waals surface area contributed by atoms with Gasteiger partial charge in [-0.1, -0.05) is 36.4 Å². The van der Waals surface area contributed by atoms with Gasteiger partial charge in [-0.05, 0) is 34.1 Å². The number of aromatic carboxylic acids is 1. The maximum absolute atomic E-state index is 11.2. The summed E-state index contributed by atoms with van der Waals surface area (Å²) in [6, 6.07) is 17.8. The minimum Gasteiger partial charge on any atom is -0.478 e. The van der Waals surface area contributed by atoms with Gasteiger partial charge < -0.3 is 20.1 Å². The number of pyridine rings is 1. The van der Waals surface area contributed by atoms with Crippen LogP contribution in [0.1, 0.15) is 15.9 Å². The fourth-order valence-electron chi connectivity index (χ4n) is 3.34. The summed E-state index contributed by atoms with van der Waals surface area (Å²) in [6.45, 7) is 0.483. The molecule has 3 aromatic heterocycles. The topological polar surface area (TPSA) is 142 Å². The van der Waals surface area contributed by atoms with Gasteiger partial charge in [-0.2, -0.15) is 0 Å². The molecule has 0 fully saturated rings. The van der Waals surface area contributed by atoms with Gasteiger partial charge in [0.15, 0.2) is 17.3 Å². The molecule has 0 aliphatic rings. The van der Waals surface area contributed by atoms with E-state index < -0.39 is 5.97 Å². The number of ether oxygens (including phenoxy) is 1. The van der Waals surface area contributed by atoms with Gasteiger partial charge in [0.2, 0.25) is 5.88 Å². The predicted octanol–water partition coefficient (Wildman–Crippen LogP) is 3.60. The molecule has 2 aromatic carbocycles. The molecule has 5 rings (SSSR count). The van der Waals surface area contributed by atoms with Gasteiger partial charge in [0.05, 0.1) is 17.3 Å². The molecule has 0 saturated heterocycles. The molecule has 0 radical (unpaired) electrons. The highest BCUT2D eigenvalue weighted by Gasteiger charge is 2.20. The van der Waals surface area contributed by atoms with Crippen molar-refractivity contribution in [1.29, 1.82) is 0 Å². The lowest BCUT2D eigenvalue weighted by Crippen LogP contribution is -2.04. The summed E-state index contributed by atoms with van der Waals surface area (Å²) < 4.78 is 12.5. The van der Waals surface area contributed by atoms with Crippen molar-refractivity contribution in [1.82, 2.24) is 24.8 Å². The van der Waals surface area contributed by atoms with Crippen molar-refractivity contribution in [3.63, 3.8) is 0 Å². The molecule has 0 amide bonds. The summed E-state index contributed by atoms with van der Waals surface area (Å²) in [6.07, 6.45) is 1.57. The van der Waals surface area contributed by atoms with Gasteiger partial charge in [-0.25, -0.2) is 19.4 Å². The molecule has 0 saturated carbocycles. The molecule has 3 N–H and O–H groups in total. The van der Waals surface area contributed by atoms with Crippen molar-refractivity contribution in [3.8, 4) is 23.1 Å². The van der Waals surface area contributed by atoms with E-state index in [-0.39, 0.29) is 17.3 Å². The van der Waals surface area contributed by atoms with E-state index in [1.165, 1.54) is 12.1 Å². The van der Waals surface area contributed by atoms with Crippen LogP contribution in [0.2, 0.25) is 0 Å². The second kappa shape index (κ2) is 7.84. The predicted molar refractivity (Wildman–Crippen MR) is 114 cm³/mol. The van der Waals surface area contributed by atoms with E-state index >= 15 is 0 Å². The summed E-state index contributed by atoms with van der Waals surface area (Å²) in [5, 5.41) is 16.8. The molecular weight excluding hydrogens is 412 g/mol. The Morgan fingerprint density at radius 1 is 1.09 bits per heavy atom. The van der Waals surface area contributed by atoms with Gasteiger partial charge in [-0.3, -0.25) is 0 Å². The second-order valence-electron chi connectivity index (χ2n) is 6.95. The van der Waals surface area contributed by atoms with E-state index in [4.69, 9.17) is 15.1 Å². The largest absolute Gasteiger partial charge is 0.478 e. The van der Waals surface area contributed by atoms with Crippen molar-refractivity contribution in [2.75, 3.05) is 5.73 Å². The van der Waals surface area contributed by atoms with Crippen molar-refractivity contribution < 1.29 is 19.3 Å². The lowest BCUT2D eigenvalue weighted by molar-refractivity contribution is 0.0696. The summed E-state index contributed by atoms with van der Waals surface area (Å²) in [5.41, 5.74) is 8.73. The van der Waals surface area contributed by atoms with Crippen LogP contribution >= 0.6 is 0 Å². The normalized spacial score (nSPS) is 11.0. The average molecular weight is 428 g/mol. The fourth-order valence-corrected chi connectivity index (χ4v) is 3.34. The Bertz CT molecular complexity index is 1430. The van der Waals surface area contributed by atoms with E-state index in [0.717, 1.165) is 11.1 Å². The number of nitrogens with zero attached hydrogens (tertiary/aromatic N) is 5. The molecule has 3 heterocycles. The van der Waals surface area contributed by atoms with Crippen molar-refractivity contribution in [3.05, 3.63) is 78.0 Å². The van der Waals surface area contributed by atoms with Crippen LogP contribution in [0.25, 0.3) is 22.6 Å². The minimum atomic E-state index is -1.04. The van der Waals surface area contributed by atoms with Crippen LogP contribution in [0.5, 0.6) is 11.6 Å². The maximum Gasteiger partial charge on any atom is 0.335 e. The number of nitrogen functional groups attached to an aromatic ring is 1. The van der Waals surface area contributed by atoms with Crippen molar-refractivity contribution in [2.45, 2.75) is 6.54 Å². The van der Waals surface area contributed by atoms with Crippen LogP contribution in [0.15, 0.2) is 71.5 Å². The molecule has 32 heavy (non-hydrogen) atoms. The molecule has 158 valence electrons. The standard InChI is InChI=1S/C22H16N6O4/c23-20-19(26-32-27-20)21-25-16-11-24-18(31-15-8-4-7-14(9-15)22(29)30)10-17(16)28(21)12-13-5-2-1-3-6-13/h1-11H,12H2,(H2,23,27)(H,29,30). The van der Waals surface area contributed by atoms with Gasteiger partial charge in [0.25, 0.3) is 0 Å². The monoisotopic (exact) mass is 428 g/mol. The third kappa shape index (κ3) is 3.60. The zero-order chi connectivity index (χ0) is 22.1. The fraction of sp³-hybridized carbons (Fsp3) is 0.0455. The van der Waals surface area contributed by atoms with E-state index in [1.807, 2.05) is 34.9 Å². The first-order chi connectivity index (χ1) is 15.6. The molecule has 0 bridgehead atoms. The molecule has 0 aliphatic carbocycles. The van der Waals surface area contributed by atoms with Crippen LogP contribution < -0.4 is 10.5 Å². The Morgan fingerprint density at radius 3 is 2.69 bits per heavy atom. The molecule has 10 nitrogen and oxygen atoms in total. The Hall–Kier alpha value is -4.73. The summed E-state index contributed by atoms with van der Waals surface area (Å²) in [5.74, 6) is 0.213. The van der Waals surface area contributed by atoms with Crippen molar-refractivity contribution in [2.24, 2.45) is 0 Å². The minimum absolute atomic E-state index is 0.119. The Balaban J connectivity index is 1.60. The molecule has 0 unspecified atom stereocenters. The van der Waals surface area contributed by atoms with E-state index in [0.29, 0.717) is 29.3 Å². The van der Waals surface area contributed by atoms with E-state index in [2.05, 4.69) is 20.3 Å². The molecule has 0 atom stereocenters.